The van der Waals surface area contributed by atoms with Crippen LogP contribution in [0.15, 0.2) is 60.7 Å². The first-order chi connectivity index (χ1) is 11.6. The summed E-state index contributed by atoms with van der Waals surface area (Å²) >= 11 is 0. The number of benzene rings is 2. The van der Waals surface area contributed by atoms with Crippen molar-refractivity contribution in [1.29, 1.82) is 0 Å². The van der Waals surface area contributed by atoms with Crippen LogP contribution in [0.2, 0.25) is 0 Å². The highest BCUT2D eigenvalue weighted by Crippen LogP contribution is 2.32. The fourth-order valence-electron chi connectivity index (χ4n) is 3.78. The molecule has 0 aromatic heterocycles. The van der Waals surface area contributed by atoms with Crippen molar-refractivity contribution >= 4 is 0 Å². The number of rotatable bonds is 5. The summed E-state index contributed by atoms with van der Waals surface area (Å²) in [4.78, 5) is 2.49. The van der Waals surface area contributed by atoms with Crippen molar-refractivity contribution in [2.45, 2.75) is 44.9 Å². The predicted octanol–water partition coefficient (Wildman–Crippen LogP) is 4.91. The number of hydrogen-bond donors (Lipinski definition) is 0. The van der Waals surface area contributed by atoms with Gasteiger partial charge < -0.3 is 9.64 Å². The fraction of sp³-hybridized carbons (Fsp3) is 0.455. The van der Waals surface area contributed by atoms with Crippen molar-refractivity contribution in [2.24, 2.45) is 5.92 Å². The fourth-order valence-corrected chi connectivity index (χ4v) is 3.78. The van der Waals surface area contributed by atoms with E-state index in [1.54, 1.807) is 0 Å². The maximum absolute atomic E-state index is 6.67. The van der Waals surface area contributed by atoms with E-state index in [9.17, 15) is 0 Å². The standard InChI is InChI=1S/C22H29NO/c1-17(2)21-16-20(14-15-23(21)3)24-22(18-10-6-4-7-11-18)19-12-8-5-9-13-19/h4-13,17,20-22H,14-16H2,1-3H3/t20-,21-/m1/s1. The topological polar surface area (TPSA) is 12.5 Å². The van der Waals surface area contributed by atoms with Gasteiger partial charge >= 0.3 is 0 Å². The molecule has 2 aromatic rings. The molecule has 128 valence electrons. The van der Waals surface area contributed by atoms with Crippen LogP contribution in [0.3, 0.4) is 0 Å². The number of likely N-dealkylation sites (tertiary alicyclic amines) is 1. The first-order valence-corrected chi connectivity index (χ1v) is 9.10. The molecule has 1 heterocycles. The van der Waals surface area contributed by atoms with Crippen LogP contribution >= 0.6 is 0 Å². The summed E-state index contributed by atoms with van der Waals surface area (Å²) in [5.41, 5.74) is 2.48. The molecule has 24 heavy (non-hydrogen) atoms. The van der Waals surface area contributed by atoms with Gasteiger partial charge in [-0.2, -0.15) is 0 Å². The molecule has 1 fully saturated rings. The lowest BCUT2D eigenvalue weighted by Crippen LogP contribution is -2.45. The molecule has 0 bridgehead atoms. The monoisotopic (exact) mass is 323 g/mol. The molecule has 1 aliphatic rings. The average Bonchev–Trinajstić information content (AvgIpc) is 2.62. The Labute approximate surface area is 146 Å². The maximum atomic E-state index is 6.67. The summed E-state index contributed by atoms with van der Waals surface area (Å²) in [7, 11) is 2.24. The van der Waals surface area contributed by atoms with E-state index in [0.29, 0.717) is 18.1 Å². The molecule has 1 aliphatic heterocycles. The molecule has 0 saturated carbocycles. The molecule has 2 atom stereocenters. The van der Waals surface area contributed by atoms with Gasteiger partial charge in [-0.25, -0.2) is 0 Å². The Hall–Kier alpha value is -1.64. The summed E-state index contributed by atoms with van der Waals surface area (Å²) in [5.74, 6) is 0.660. The van der Waals surface area contributed by atoms with Crippen molar-refractivity contribution in [3.8, 4) is 0 Å². The molecule has 0 N–H and O–H groups in total. The first-order valence-electron chi connectivity index (χ1n) is 9.10. The van der Waals surface area contributed by atoms with Crippen LogP contribution < -0.4 is 0 Å². The second-order valence-corrected chi connectivity index (χ2v) is 7.28. The van der Waals surface area contributed by atoms with E-state index in [0.717, 1.165) is 19.4 Å². The zero-order valence-electron chi connectivity index (χ0n) is 15.1. The molecular weight excluding hydrogens is 294 g/mol. The van der Waals surface area contributed by atoms with Gasteiger partial charge in [0.2, 0.25) is 0 Å². The second kappa shape index (κ2) is 7.96. The van der Waals surface area contributed by atoms with E-state index in [1.807, 2.05) is 0 Å². The molecule has 1 saturated heterocycles. The Kier molecular flexibility index (Phi) is 5.70. The van der Waals surface area contributed by atoms with E-state index < -0.39 is 0 Å². The third kappa shape index (κ3) is 4.06. The Morgan fingerprint density at radius 1 is 0.917 bits per heavy atom. The average molecular weight is 323 g/mol. The van der Waals surface area contributed by atoms with Crippen molar-refractivity contribution in [3.05, 3.63) is 71.8 Å². The molecule has 0 radical (unpaired) electrons. The van der Waals surface area contributed by atoms with Crippen LogP contribution in [0, 0.1) is 5.92 Å². The summed E-state index contributed by atoms with van der Waals surface area (Å²) in [6.45, 7) is 5.74. The van der Waals surface area contributed by atoms with E-state index >= 15 is 0 Å². The predicted molar refractivity (Wildman–Crippen MR) is 100 cm³/mol. The second-order valence-electron chi connectivity index (χ2n) is 7.28. The summed E-state index contributed by atoms with van der Waals surface area (Å²) < 4.78 is 6.67. The normalized spacial score (nSPS) is 22.2. The van der Waals surface area contributed by atoms with Crippen LogP contribution in [0.5, 0.6) is 0 Å². The van der Waals surface area contributed by atoms with E-state index in [-0.39, 0.29) is 6.10 Å². The molecule has 2 aromatic carbocycles. The van der Waals surface area contributed by atoms with Crippen molar-refractivity contribution in [2.75, 3.05) is 13.6 Å². The van der Waals surface area contributed by atoms with Crippen molar-refractivity contribution < 1.29 is 4.74 Å². The van der Waals surface area contributed by atoms with Crippen molar-refractivity contribution in [3.63, 3.8) is 0 Å². The Bertz CT molecular complexity index is 571. The third-order valence-corrected chi connectivity index (χ3v) is 5.18. The minimum atomic E-state index is 0.0219. The van der Waals surface area contributed by atoms with Gasteiger partial charge in [0.25, 0.3) is 0 Å². The zero-order valence-corrected chi connectivity index (χ0v) is 15.1. The highest BCUT2D eigenvalue weighted by molar-refractivity contribution is 5.30. The Balaban J connectivity index is 1.80. The number of hydrogen-bond acceptors (Lipinski definition) is 2. The van der Waals surface area contributed by atoms with E-state index in [2.05, 4.69) is 86.5 Å². The van der Waals surface area contributed by atoms with Gasteiger partial charge in [-0.15, -0.1) is 0 Å². The van der Waals surface area contributed by atoms with Crippen molar-refractivity contribution in [1.82, 2.24) is 4.90 Å². The molecule has 0 amide bonds. The lowest BCUT2D eigenvalue weighted by Gasteiger charge is -2.40. The van der Waals surface area contributed by atoms with Gasteiger partial charge in [-0.3, -0.25) is 0 Å². The van der Waals surface area contributed by atoms with Gasteiger partial charge in [-0.1, -0.05) is 74.5 Å². The van der Waals surface area contributed by atoms with E-state index in [4.69, 9.17) is 4.74 Å². The Morgan fingerprint density at radius 2 is 1.46 bits per heavy atom. The molecule has 2 nitrogen and oxygen atoms in total. The lowest BCUT2D eigenvalue weighted by atomic mass is 9.91. The minimum absolute atomic E-state index is 0.0219. The van der Waals surface area contributed by atoms with Gasteiger partial charge in [0.1, 0.15) is 6.10 Å². The van der Waals surface area contributed by atoms with Gasteiger partial charge in [0, 0.05) is 12.6 Å². The molecular formula is C22H29NO. The number of nitrogens with zero attached hydrogens (tertiary/aromatic N) is 1. The first kappa shape index (κ1) is 17.2. The third-order valence-electron chi connectivity index (χ3n) is 5.18. The Morgan fingerprint density at radius 3 is 1.96 bits per heavy atom. The maximum Gasteiger partial charge on any atom is 0.108 e. The smallest absolute Gasteiger partial charge is 0.108 e. The number of ether oxygens (including phenoxy) is 1. The SMILES string of the molecule is CC(C)[C@H]1C[C@H](OC(c2ccccc2)c2ccccc2)CCN1C. The molecule has 3 rings (SSSR count). The molecule has 0 spiro atoms. The molecule has 0 unspecified atom stereocenters. The highest BCUT2D eigenvalue weighted by atomic mass is 16.5. The molecule has 2 heteroatoms. The van der Waals surface area contributed by atoms with E-state index in [1.165, 1.54) is 11.1 Å². The molecule has 0 aliphatic carbocycles. The van der Waals surface area contributed by atoms with Crippen LogP contribution in [0.4, 0.5) is 0 Å². The lowest BCUT2D eigenvalue weighted by molar-refractivity contribution is -0.0466. The highest BCUT2D eigenvalue weighted by Gasteiger charge is 2.30. The summed E-state index contributed by atoms with van der Waals surface area (Å²) in [5, 5.41) is 0. The quantitative estimate of drug-likeness (QED) is 0.775. The number of piperidine rings is 1. The largest absolute Gasteiger partial charge is 0.365 e. The van der Waals surface area contributed by atoms with Crippen LogP contribution in [-0.2, 0) is 4.74 Å². The van der Waals surface area contributed by atoms with Gasteiger partial charge in [0.05, 0.1) is 6.10 Å². The van der Waals surface area contributed by atoms with Crippen LogP contribution in [0.1, 0.15) is 43.9 Å². The van der Waals surface area contributed by atoms with Gasteiger partial charge in [0.15, 0.2) is 0 Å². The van der Waals surface area contributed by atoms with Gasteiger partial charge in [-0.05, 0) is 36.9 Å². The zero-order chi connectivity index (χ0) is 16.9. The summed E-state index contributed by atoms with van der Waals surface area (Å²) in [6.07, 6.45) is 2.56. The minimum Gasteiger partial charge on any atom is -0.365 e. The van der Waals surface area contributed by atoms with Crippen LogP contribution in [0.25, 0.3) is 0 Å². The van der Waals surface area contributed by atoms with Crippen LogP contribution in [-0.4, -0.2) is 30.6 Å². The summed E-state index contributed by atoms with van der Waals surface area (Å²) in [6, 6.07) is 21.8.